The minimum Gasteiger partial charge on any atom is -0.337 e. The predicted octanol–water partition coefficient (Wildman–Crippen LogP) is 2.74. The number of carbonyl (C=O) groups excluding carboxylic acids is 1. The third-order valence-corrected chi connectivity index (χ3v) is 5.27. The minimum absolute atomic E-state index is 0.116. The zero-order valence-electron chi connectivity index (χ0n) is 13.9. The van der Waals surface area contributed by atoms with Gasteiger partial charge in [-0.15, -0.1) is 0 Å². The van der Waals surface area contributed by atoms with Crippen molar-refractivity contribution in [1.82, 2.24) is 14.8 Å². The molecule has 4 nitrogen and oxygen atoms in total. The number of rotatable bonds is 2. The Kier molecular flexibility index (Phi) is 4.30. The molecule has 124 valence electrons. The Morgan fingerprint density at radius 2 is 1.96 bits per heavy atom. The first-order valence-electron chi connectivity index (χ1n) is 8.81. The Balaban J connectivity index is 1.45. The quantitative estimate of drug-likeness (QED) is 0.853. The van der Waals surface area contributed by atoms with Crippen molar-refractivity contribution in [2.24, 2.45) is 0 Å². The van der Waals surface area contributed by atoms with E-state index in [1.807, 2.05) is 17.0 Å². The lowest BCUT2D eigenvalue weighted by Gasteiger charge is -2.41. The molecule has 0 saturated carbocycles. The topological polar surface area (TPSA) is 36.4 Å². The van der Waals surface area contributed by atoms with Crippen molar-refractivity contribution in [3.05, 3.63) is 65.5 Å². The van der Waals surface area contributed by atoms with Crippen LogP contribution in [0, 0.1) is 0 Å². The van der Waals surface area contributed by atoms with Gasteiger partial charge in [0.05, 0.1) is 5.56 Å². The molecule has 3 heterocycles. The third-order valence-electron chi connectivity index (χ3n) is 5.27. The van der Waals surface area contributed by atoms with Crippen LogP contribution in [0.1, 0.15) is 34.3 Å². The maximum atomic E-state index is 12.7. The van der Waals surface area contributed by atoms with Crippen LogP contribution >= 0.6 is 0 Å². The molecule has 1 amide bonds. The Morgan fingerprint density at radius 3 is 2.79 bits per heavy atom. The summed E-state index contributed by atoms with van der Waals surface area (Å²) in [6, 6.07) is 12.9. The number of nitrogens with zero attached hydrogens (tertiary/aromatic N) is 3. The van der Waals surface area contributed by atoms with Crippen molar-refractivity contribution in [2.75, 3.05) is 19.6 Å². The highest BCUT2D eigenvalue weighted by molar-refractivity contribution is 5.93. The zero-order chi connectivity index (χ0) is 16.4. The van der Waals surface area contributed by atoms with Gasteiger partial charge in [0.15, 0.2) is 0 Å². The molecular formula is C20H23N3O. The lowest BCUT2D eigenvalue weighted by Crippen LogP contribution is -2.51. The van der Waals surface area contributed by atoms with Gasteiger partial charge >= 0.3 is 0 Å². The average Bonchev–Trinajstić information content (AvgIpc) is 2.68. The van der Waals surface area contributed by atoms with Gasteiger partial charge in [0.25, 0.3) is 5.91 Å². The first kappa shape index (κ1) is 15.3. The molecular weight excluding hydrogens is 298 g/mol. The summed E-state index contributed by atoms with van der Waals surface area (Å²) in [5.74, 6) is 0.116. The van der Waals surface area contributed by atoms with E-state index >= 15 is 0 Å². The molecule has 1 fully saturated rings. The molecule has 1 atom stereocenters. The Labute approximate surface area is 143 Å². The molecule has 0 bridgehead atoms. The summed E-state index contributed by atoms with van der Waals surface area (Å²) in [6.45, 7) is 3.79. The fourth-order valence-electron chi connectivity index (χ4n) is 3.94. The number of fused-ring (bicyclic) bond motifs is 1. The molecule has 2 aliphatic rings. The van der Waals surface area contributed by atoms with E-state index in [1.54, 1.807) is 12.4 Å². The van der Waals surface area contributed by atoms with E-state index in [1.165, 1.54) is 17.5 Å². The summed E-state index contributed by atoms with van der Waals surface area (Å²) < 4.78 is 0. The number of hydrogen-bond donors (Lipinski definition) is 0. The number of hydrogen-bond acceptors (Lipinski definition) is 3. The van der Waals surface area contributed by atoms with Gasteiger partial charge in [-0.1, -0.05) is 24.3 Å². The lowest BCUT2D eigenvalue weighted by atomic mass is 9.96. The first-order chi connectivity index (χ1) is 11.8. The van der Waals surface area contributed by atoms with Crippen LogP contribution in [-0.2, 0) is 13.0 Å². The molecule has 4 heteroatoms. The van der Waals surface area contributed by atoms with Crippen molar-refractivity contribution in [3.8, 4) is 0 Å². The number of amides is 1. The Hall–Kier alpha value is -2.20. The fourth-order valence-corrected chi connectivity index (χ4v) is 3.94. The second kappa shape index (κ2) is 6.73. The highest BCUT2D eigenvalue weighted by Crippen LogP contribution is 2.25. The third kappa shape index (κ3) is 3.06. The van der Waals surface area contributed by atoms with Crippen molar-refractivity contribution < 1.29 is 4.79 Å². The molecule has 0 spiro atoms. The summed E-state index contributed by atoms with van der Waals surface area (Å²) in [7, 11) is 0. The van der Waals surface area contributed by atoms with E-state index in [9.17, 15) is 4.79 Å². The van der Waals surface area contributed by atoms with Crippen molar-refractivity contribution in [3.63, 3.8) is 0 Å². The van der Waals surface area contributed by atoms with Crippen LogP contribution < -0.4 is 0 Å². The number of aromatic nitrogens is 1. The SMILES string of the molecule is O=C(c1cccnc1)N1CCC[C@@H](N2CCc3ccccc3C2)C1. The van der Waals surface area contributed by atoms with Gasteiger partial charge in [-0.3, -0.25) is 14.7 Å². The van der Waals surface area contributed by atoms with Crippen LogP contribution in [0.5, 0.6) is 0 Å². The summed E-state index contributed by atoms with van der Waals surface area (Å²) in [5.41, 5.74) is 3.62. The maximum absolute atomic E-state index is 12.7. The molecule has 1 aromatic carbocycles. The molecule has 2 aliphatic heterocycles. The van der Waals surface area contributed by atoms with Gasteiger partial charge in [0.1, 0.15) is 0 Å². The number of benzene rings is 1. The first-order valence-corrected chi connectivity index (χ1v) is 8.81. The standard InChI is InChI=1S/C20H23N3O/c24-20(17-7-3-10-21-13-17)23-11-4-8-19(15-23)22-12-9-16-5-1-2-6-18(16)14-22/h1-3,5-7,10,13,19H,4,8-9,11-12,14-15H2/t19-/m1/s1. The van der Waals surface area contributed by atoms with E-state index in [2.05, 4.69) is 34.1 Å². The van der Waals surface area contributed by atoms with Crippen LogP contribution in [0.4, 0.5) is 0 Å². The highest BCUT2D eigenvalue weighted by Gasteiger charge is 2.30. The van der Waals surface area contributed by atoms with Gasteiger partial charge in [-0.25, -0.2) is 0 Å². The van der Waals surface area contributed by atoms with Crippen molar-refractivity contribution in [1.29, 1.82) is 0 Å². The molecule has 0 N–H and O–H groups in total. The highest BCUT2D eigenvalue weighted by atomic mass is 16.2. The number of carbonyl (C=O) groups is 1. The number of likely N-dealkylation sites (tertiary alicyclic amines) is 1. The Morgan fingerprint density at radius 1 is 1.08 bits per heavy atom. The van der Waals surface area contributed by atoms with E-state index in [-0.39, 0.29) is 5.91 Å². The molecule has 0 radical (unpaired) electrons. The fraction of sp³-hybridized carbons (Fsp3) is 0.400. The van der Waals surface area contributed by atoms with E-state index < -0.39 is 0 Å². The van der Waals surface area contributed by atoms with Gasteiger partial charge < -0.3 is 4.90 Å². The maximum Gasteiger partial charge on any atom is 0.255 e. The molecule has 0 aliphatic carbocycles. The van der Waals surface area contributed by atoms with Crippen LogP contribution in [0.2, 0.25) is 0 Å². The summed E-state index contributed by atoms with van der Waals surface area (Å²) >= 11 is 0. The Bertz CT molecular complexity index is 716. The largest absolute Gasteiger partial charge is 0.337 e. The van der Waals surface area contributed by atoms with Crippen molar-refractivity contribution >= 4 is 5.91 Å². The monoisotopic (exact) mass is 321 g/mol. The predicted molar refractivity (Wildman–Crippen MR) is 93.7 cm³/mol. The average molecular weight is 321 g/mol. The minimum atomic E-state index is 0.116. The van der Waals surface area contributed by atoms with Gasteiger partial charge in [0.2, 0.25) is 0 Å². The number of piperidine rings is 1. The normalized spacial score (nSPS) is 21.3. The van der Waals surface area contributed by atoms with Gasteiger partial charge in [0, 0.05) is 44.6 Å². The smallest absolute Gasteiger partial charge is 0.255 e. The zero-order valence-corrected chi connectivity index (χ0v) is 13.9. The number of pyridine rings is 1. The van der Waals surface area contributed by atoms with Gasteiger partial charge in [-0.2, -0.15) is 0 Å². The molecule has 1 saturated heterocycles. The lowest BCUT2D eigenvalue weighted by molar-refractivity contribution is 0.0548. The molecule has 4 rings (SSSR count). The van der Waals surface area contributed by atoms with Crippen molar-refractivity contribution in [2.45, 2.75) is 31.8 Å². The second-order valence-electron chi connectivity index (χ2n) is 6.78. The molecule has 1 aromatic heterocycles. The van der Waals surface area contributed by atoms with Crippen LogP contribution in [0.25, 0.3) is 0 Å². The molecule has 2 aromatic rings. The summed E-state index contributed by atoms with van der Waals surface area (Å²) in [6.07, 6.45) is 6.75. The van der Waals surface area contributed by atoms with Crippen LogP contribution in [0.3, 0.4) is 0 Å². The summed E-state index contributed by atoms with van der Waals surface area (Å²) in [4.78, 5) is 21.3. The molecule has 0 unspecified atom stereocenters. The second-order valence-corrected chi connectivity index (χ2v) is 6.78. The van der Waals surface area contributed by atoms with E-state index in [4.69, 9.17) is 0 Å². The van der Waals surface area contributed by atoms with E-state index in [0.717, 1.165) is 39.0 Å². The van der Waals surface area contributed by atoms with Crippen LogP contribution in [0.15, 0.2) is 48.8 Å². The van der Waals surface area contributed by atoms with Crippen LogP contribution in [-0.4, -0.2) is 46.4 Å². The van der Waals surface area contributed by atoms with Gasteiger partial charge in [-0.05, 0) is 42.5 Å². The van der Waals surface area contributed by atoms with E-state index in [0.29, 0.717) is 11.6 Å². The summed E-state index contributed by atoms with van der Waals surface area (Å²) in [5, 5.41) is 0. The molecule has 24 heavy (non-hydrogen) atoms.